The molecule has 4 nitrogen and oxygen atoms in total. The van der Waals surface area contributed by atoms with Gasteiger partial charge in [0.25, 0.3) is 0 Å². The van der Waals surface area contributed by atoms with E-state index in [9.17, 15) is 4.39 Å². The number of hydrogen-bond donors (Lipinski definition) is 1. The first-order chi connectivity index (χ1) is 9.24. The van der Waals surface area contributed by atoms with E-state index in [-0.39, 0.29) is 11.1 Å². The summed E-state index contributed by atoms with van der Waals surface area (Å²) in [6.07, 6.45) is 3.31. The molecule has 2 aromatic rings. The van der Waals surface area contributed by atoms with Crippen LogP contribution in [-0.4, -0.2) is 16.7 Å². The molecule has 1 atom stereocenters. The number of benzene rings is 1. The fourth-order valence-corrected chi connectivity index (χ4v) is 2.37. The third-order valence-electron chi connectivity index (χ3n) is 3.23. The highest BCUT2D eigenvalue weighted by Gasteiger charge is 2.21. The minimum absolute atomic E-state index is 0.0552. The highest BCUT2D eigenvalue weighted by atomic mass is 35.5. The predicted molar refractivity (Wildman–Crippen MR) is 69.3 cm³/mol. The molecule has 19 heavy (non-hydrogen) atoms. The van der Waals surface area contributed by atoms with Crippen molar-refractivity contribution in [2.45, 2.75) is 25.3 Å². The predicted octanol–water partition coefficient (Wildman–Crippen LogP) is 3.34. The minimum Gasteiger partial charge on any atom is -0.337 e. The van der Waals surface area contributed by atoms with Crippen molar-refractivity contribution in [3.8, 4) is 11.4 Å². The van der Waals surface area contributed by atoms with Crippen LogP contribution in [0.15, 0.2) is 22.7 Å². The summed E-state index contributed by atoms with van der Waals surface area (Å²) in [5.41, 5.74) is 0.650. The Balaban J connectivity index is 1.85. The second-order valence-corrected chi connectivity index (χ2v) is 4.99. The van der Waals surface area contributed by atoms with Gasteiger partial charge in [-0.1, -0.05) is 23.2 Å². The molecule has 0 unspecified atom stereocenters. The van der Waals surface area contributed by atoms with E-state index in [0.29, 0.717) is 17.3 Å². The Morgan fingerprint density at radius 1 is 1.37 bits per heavy atom. The summed E-state index contributed by atoms with van der Waals surface area (Å²) in [5, 5.41) is 7.32. The molecule has 1 aromatic heterocycles. The molecule has 1 aromatic carbocycles. The van der Waals surface area contributed by atoms with Gasteiger partial charge in [0, 0.05) is 5.56 Å². The molecule has 0 aliphatic carbocycles. The Morgan fingerprint density at radius 2 is 2.26 bits per heavy atom. The number of rotatable bonds is 2. The van der Waals surface area contributed by atoms with Gasteiger partial charge < -0.3 is 9.84 Å². The first kappa shape index (κ1) is 12.6. The summed E-state index contributed by atoms with van der Waals surface area (Å²) in [7, 11) is 0. The second-order valence-electron chi connectivity index (χ2n) is 4.59. The van der Waals surface area contributed by atoms with Gasteiger partial charge in [0.05, 0.1) is 11.1 Å². The van der Waals surface area contributed by atoms with Gasteiger partial charge in [-0.2, -0.15) is 4.98 Å². The number of aromatic nitrogens is 2. The molecule has 1 saturated heterocycles. The summed E-state index contributed by atoms with van der Waals surface area (Å²) in [4.78, 5) is 4.35. The normalized spacial score (nSPS) is 19.6. The molecule has 0 bridgehead atoms. The van der Waals surface area contributed by atoms with Gasteiger partial charge in [-0.05, 0) is 37.6 Å². The summed E-state index contributed by atoms with van der Waals surface area (Å²) in [6, 6.07) is 4.50. The first-order valence-corrected chi connectivity index (χ1v) is 6.64. The van der Waals surface area contributed by atoms with Crippen molar-refractivity contribution in [1.82, 2.24) is 15.5 Å². The van der Waals surface area contributed by atoms with E-state index >= 15 is 0 Å². The summed E-state index contributed by atoms with van der Waals surface area (Å²) in [5.74, 6) is 0.558. The maximum Gasteiger partial charge on any atom is 0.244 e. The van der Waals surface area contributed by atoms with Crippen LogP contribution < -0.4 is 5.32 Å². The lowest BCUT2D eigenvalue weighted by Crippen LogP contribution is -2.26. The van der Waals surface area contributed by atoms with Crippen molar-refractivity contribution in [2.24, 2.45) is 0 Å². The summed E-state index contributed by atoms with van der Waals surface area (Å²) in [6.45, 7) is 0.963. The standard InChI is InChI=1S/C13H13ClFN3O/c14-9-7-8(4-5-10(9)15)12-17-13(19-18-12)11-3-1-2-6-16-11/h4-5,7,11,16H,1-3,6H2/t11-/m0/s1. The van der Waals surface area contributed by atoms with Crippen molar-refractivity contribution < 1.29 is 8.91 Å². The summed E-state index contributed by atoms with van der Waals surface area (Å²) >= 11 is 5.75. The summed E-state index contributed by atoms with van der Waals surface area (Å²) < 4.78 is 18.4. The van der Waals surface area contributed by atoms with E-state index < -0.39 is 5.82 Å². The van der Waals surface area contributed by atoms with Crippen molar-refractivity contribution >= 4 is 11.6 Å². The van der Waals surface area contributed by atoms with Crippen molar-refractivity contribution in [3.63, 3.8) is 0 Å². The number of nitrogens with zero attached hydrogens (tertiary/aromatic N) is 2. The van der Waals surface area contributed by atoms with E-state index in [1.165, 1.54) is 18.6 Å². The molecule has 0 radical (unpaired) electrons. The zero-order valence-electron chi connectivity index (χ0n) is 10.2. The third kappa shape index (κ3) is 2.62. The van der Waals surface area contributed by atoms with Crippen molar-refractivity contribution in [3.05, 3.63) is 34.9 Å². The molecule has 0 amide bonds. The quantitative estimate of drug-likeness (QED) is 0.917. The maximum absolute atomic E-state index is 13.1. The smallest absolute Gasteiger partial charge is 0.244 e. The van der Waals surface area contributed by atoms with Gasteiger partial charge in [0.15, 0.2) is 0 Å². The number of nitrogens with one attached hydrogen (secondary N) is 1. The zero-order valence-corrected chi connectivity index (χ0v) is 11.0. The van der Waals surface area contributed by atoms with Gasteiger partial charge in [-0.25, -0.2) is 4.39 Å². The number of halogens is 2. The fraction of sp³-hybridized carbons (Fsp3) is 0.385. The molecule has 1 N–H and O–H groups in total. The van der Waals surface area contributed by atoms with E-state index in [2.05, 4.69) is 15.5 Å². The largest absolute Gasteiger partial charge is 0.337 e. The van der Waals surface area contributed by atoms with Crippen LogP contribution >= 0.6 is 11.6 Å². The molecule has 2 heterocycles. The van der Waals surface area contributed by atoms with Gasteiger partial charge in [-0.15, -0.1) is 0 Å². The Hall–Kier alpha value is -1.46. The van der Waals surface area contributed by atoms with Crippen LogP contribution in [-0.2, 0) is 0 Å². The fourth-order valence-electron chi connectivity index (χ4n) is 2.19. The average Bonchev–Trinajstić information content (AvgIpc) is 2.93. The minimum atomic E-state index is -0.455. The Kier molecular flexibility index (Phi) is 3.48. The second kappa shape index (κ2) is 5.27. The zero-order chi connectivity index (χ0) is 13.2. The number of hydrogen-bond acceptors (Lipinski definition) is 4. The molecule has 1 fully saturated rings. The SMILES string of the molecule is Fc1ccc(-c2noc([C@@H]3CCCCN3)n2)cc1Cl. The van der Waals surface area contributed by atoms with Gasteiger partial charge in [0.1, 0.15) is 5.82 Å². The van der Waals surface area contributed by atoms with Crippen LogP contribution in [0.5, 0.6) is 0 Å². The van der Waals surface area contributed by atoms with E-state index in [1.807, 2.05) is 0 Å². The van der Waals surface area contributed by atoms with Crippen LogP contribution in [0.25, 0.3) is 11.4 Å². The van der Waals surface area contributed by atoms with E-state index in [0.717, 1.165) is 19.4 Å². The molecule has 0 spiro atoms. The molecular formula is C13H13ClFN3O. The lowest BCUT2D eigenvalue weighted by Gasteiger charge is -2.19. The van der Waals surface area contributed by atoms with Crippen molar-refractivity contribution in [1.29, 1.82) is 0 Å². The molecule has 100 valence electrons. The van der Waals surface area contributed by atoms with Crippen molar-refractivity contribution in [2.75, 3.05) is 6.54 Å². The van der Waals surface area contributed by atoms with Gasteiger partial charge in [-0.3, -0.25) is 0 Å². The lowest BCUT2D eigenvalue weighted by atomic mass is 10.1. The maximum atomic E-state index is 13.1. The average molecular weight is 282 g/mol. The molecular weight excluding hydrogens is 269 g/mol. The van der Waals surface area contributed by atoms with Gasteiger partial charge in [0.2, 0.25) is 11.7 Å². The van der Waals surface area contributed by atoms with Crippen LogP contribution in [0.4, 0.5) is 4.39 Å². The Morgan fingerprint density at radius 3 is 3.00 bits per heavy atom. The van der Waals surface area contributed by atoms with E-state index in [4.69, 9.17) is 16.1 Å². The van der Waals surface area contributed by atoms with Crippen LogP contribution in [0, 0.1) is 5.82 Å². The van der Waals surface area contributed by atoms with Crippen LogP contribution in [0.1, 0.15) is 31.2 Å². The Bertz CT molecular complexity index is 581. The molecule has 1 aliphatic rings. The highest BCUT2D eigenvalue weighted by Crippen LogP contribution is 2.26. The topological polar surface area (TPSA) is 51.0 Å². The highest BCUT2D eigenvalue weighted by molar-refractivity contribution is 6.31. The lowest BCUT2D eigenvalue weighted by molar-refractivity contribution is 0.297. The monoisotopic (exact) mass is 281 g/mol. The van der Waals surface area contributed by atoms with Gasteiger partial charge >= 0.3 is 0 Å². The molecule has 0 saturated carbocycles. The van der Waals surface area contributed by atoms with Crippen LogP contribution in [0.3, 0.4) is 0 Å². The van der Waals surface area contributed by atoms with E-state index in [1.54, 1.807) is 6.07 Å². The first-order valence-electron chi connectivity index (χ1n) is 6.26. The third-order valence-corrected chi connectivity index (χ3v) is 3.52. The number of piperidine rings is 1. The molecule has 6 heteroatoms. The molecule has 3 rings (SSSR count). The Labute approximate surface area is 115 Å². The molecule has 1 aliphatic heterocycles. The van der Waals surface area contributed by atoms with Crippen LogP contribution in [0.2, 0.25) is 5.02 Å².